The van der Waals surface area contributed by atoms with Crippen LogP contribution in [-0.4, -0.2) is 66.1 Å². The van der Waals surface area contributed by atoms with E-state index in [1.807, 2.05) is 18.2 Å². The van der Waals surface area contributed by atoms with Crippen LogP contribution in [0.25, 0.3) is 0 Å². The Balaban J connectivity index is 1.46. The quantitative estimate of drug-likeness (QED) is 0.671. The van der Waals surface area contributed by atoms with Crippen LogP contribution in [0, 0.1) is 0 Å². The van der Waals surface area contributed by atoms with Crippen molar-refractivity contribution in [3.63, 3.8) is 0 Å². The Labute approximate surface area is 187 Å². The predicted octanol–water partition coefficient (Wildman–Crippen LogP) is 2.51. The number of piperazine rings is 1. The molecule has 32 heavy (non-hydrogen) atoms. The minimum atomic E-state index is -0.720. The van der Waals surface area contributed by atoms with Gasteiger partial charge in [-0.15, -0.1) is 0 Å². The van der Waals surface area contributed by atoms with Gasteiger partial charge in [0, 0.05) is 38.1 Å². The maximum atomic E-state index is 12.6. The summed E-state index contributed by atoms with van der Waals surface area (Å²) in [5.74, 6) is 0.133. The van der Waals surface area contributed by atoms with Crippen LogP contribution in [0.5, 0.6) is 0 Å². The zero-order chi connectivity index (χ0) is 23.1. The molecule has 9 heteroatoms. The number of carbonyl (C=O) groups is 3. The number of benzene rings is 1. The summed E-state index contributed by atoms with van der Waals surface area (Å²) in [6, 6.07) is 11.2. The lowest BCUT2D eigenvalue weighted by atomic mass is 10.2. The molecular weight excluding hydrogens is 410 g/mol. The lowest BCUT2D eigenvalue weighted by Gasteiger charge is -2.35. The molecule has 3 rings (SSSR count). The molecule has 0 aliphatic carbocycles. The average molecular weight is 440 g/mol. The summed E-state index contributed by atoms with van der Waals surface area (Å²) in [7, 11) is 0. The van der Waals surface area contributed by atoms with E-state index in [1.165, 1.54) is 0 Å². The van der Waals surface area contributed by atoms with Gasteiger partial charge in [0.1, 0.15) is 11.9 Å². The van der Waals surface area contributed by atoms with E-state index in [1.54, 1.807) is 56.1 Å². The summed E-state index contributed by atoms with van der Waals surface area (Å²) in [5.41, 5.74) is 0.934. The Hall–Kier alpha value is -3.62. The highest BCUT2D eigenvalue weighted by Crippen LogP contribution is 2.14. The summed E-state index contributed by atoms with van der Waals surface area (Å²) < 4.78 is 5.14. The Bertz CT molecular complexity index is 925. The minimum absolute atomic E-state index is 0.204. The number of anilines is 2. The molecule has 1 aromatic heterocycles. The summed E-state index contributed by atoms with van der Waals surface area (Å²) >= 11 is 0. The minimum Gasteiger partial charge on any atom is -0.459 e. The topological polar surface area (TPSA) is 104 Å². The van der Waals surface area contributed by atoms with E-state index < -0.39 is 12.0 Å². The van der Waals surface area contributed by atoms with Crippen LogP contribution in [0.3, 0.4) is 0 Å². The smallest absolute Gasteiger partial charge is 0.338 e. The summed E-state index contributed by atoms with van der Waals surface area (Å²) in [4.78, 5) is 45.1. The number of urea groups is 1. The van der Waals surface area contributed by atoms with E-state index >= 15 is 0 Å². The number of hydrogen-bond donors (Lipinski definition) is 2. The first-order valence-corrected chi connectivity index (χ1v) is 10.7. The number of aromatic nitrogens is 1. The van der Waals surface area contributed by atoms with Crippen molar-refractivity contribution in [1.82, 2.24) is 15.2 Å². The van der Waals surface area contributed by atoms with Gasteiger partial charge in [-0.05, 0) is 57.2 Å². The largest absolute Gasteiger partial charge is 0.459 e. The first-order valence-electron chi connectivity index (χ1n) is 10.7. The fraction of sp³-hybridized carbons (Fsp3) is 0.391. The van der Waals surface area contributed by atoms with Crippen molar-refractivity contribution in [3.05, 3.63) is 54.2 Å². The molecule has 1 aromatic carbocycles. The van der Waals surface area contributed by atoms with Gasteiger partial charge in [0.2, 0.25) is 5.91 Å². The van der Waals surface area contributed by atoms with Crippen LogP contribution in [-0.2, 0) is 9.53 Å². The predicted molar refractivity (Wildman–Crippen MR) is 122 cm³/mol. The summed E-state index contributed by atoms with van der Waals surface area (Å²) in [5, 5.41) is 5.49. The highest BCUT2D eigenvalue weighted by atomic mass is 16.5. The molecule has 170 valence electrons. The lowest BCUT2D eigenvalue weighted by Crippen LogP contribution is -2.54. The van der Waals surface area contributed by atoms with E-state index in [0.29, 0.717) is 37.4 Å². The Morgan fingerprint density at radius 3 is 2.25 bits per heavy atom. The standard InChI is InChI=1S/C23H29N5O4/c1-16(2)32-22(30)18-7-9-19(10-8-18)26-21(29)17(3)25-23(31)28-14-12-27(13-15-28)20-6-4-5-11-24-20/h4-11,16-17H,12-15H2,1-3H3,(H,25,31)(H,26,29). The molecule has 1 unspecified atom stereocenters. The van der Waals surface area contributed by atoms with Gasteiger partial charge in [0.25, 0.3) is 0 Å². The monoisotopic (exact) mass is 439 g/mol. The molecule has 1 aliphatic rings. The van der Waals surface area contributed by atoms with E-state index in [-0.39, 0.29) is 18.0 Å². The second-order valence-electron chi connectivity index (χ2n) is 7.85. The Kier molecular flexibility index (Phi) is 7.64. The van der Waals surface area contributed by atoms with E-state index in [9.17, 15) is 14.4 Å². The molecular formula is C23H29N5O4. The van der Waals surface area contributed by atoms with E-state index in [0.717, 1.165) is 5.82 Å². The highest BCUT2D eigenvalue weighted by Gasteiger charge is 2.24. The fourth-order valence-electron chi connectivity index (χ4n) is 3.24. The number of rotatable bonds is 6. The van der Waals surface area contributed by atoms with E-state index in [4.69, 9.17) is 4.74 Å². The van der Waals surface area contributed by atoms with Gasteiger partial charge in [-0.25, -0.2) is 14.6 Å². The molecule has 2 N–H and O–H groups in total. The van der Waals surface area contributed by atoms with Crippen LogP contribution >= 0.6 is 0 Å². The first-order chi connectivity index (χ1) is 15.3. The SMILES string of the molecule is CC(C)OC(=O)c1ccc(NC(=O)C(C)NC(=O)N2CCN(c3ccccn3)CC2)cc1. The number of nitrogens with one attached hydrogen (secondary N) is 2. The van der Waals surface area contributed by atoms with Crippen molar-refractivity contribution >= 4 is 29.4 Å². The number of pyridine rings is 1. The molecule has 0 bridgehead atoms. The van der Waals surface area contributed by atoms with Gasteiger partial charge >= 0.3 is 12.0 Å². The van der Waals surface area contributed by atoms with Crippen LogP contribution in [0.2, 0.25) is 0 Å². The number of carbonyl (C=O) groups excluding carboxylic acids is 3. The maximum Gasteiger partial charge on any atom is 0.338 e. The van der Waals surface area contributed by atoms with Gasteiger partial charge in [-0.1, -0.05) is 6.07 Å². The van der Waals surface area contributed by atoms with Crippen LogP contribution in [0.15, 0.2) is 48.7 Å². The molecule has 1 aliphatic heterocycles. The summed E-state index contributed by atoms with van der Waals surface area (Å²) in [6.07, 6.45) is 1.55. The van der Waals surface area contributed by atoms with Crippen LogP contribution in [0.4, 0.5) is 16.3 Å². The molecule has 0 spiro atoms. The molecule has 0 radical (unpaired) electrons. The van der Waals surface area contributed by atoms with Crippen molar-refractivity contribution < 1.29 is 19.1 Å². The van der Waals surface area contributed by atoms with Crippen LogP contribution < -0.4 is 15.5 Å². The third kappa shape index (κ3) is 6.19. The zero-order valence-electron chi connectivity index (χ0n) is 18.6. The molecule has 1 fully saturated rings. The second-order valence-corrected chi connectivity index (χ2v) is 7.85. The lowest BCUT2D eigenvalue weighted by molar-refractivity contribution is -0.117. The number of hydrogen-bond acceptors (Lipinski definition) is 6. The number of ether oxygens (including phenoxy) is 1. The number of amides is 3. The normalized spacial score (nSPS) is 14.6. The maximum absolute atomic E-state index is 12.6. The summed E-state index contributed by atoms with van der Waals surface area (Å²) in [6.45, 7) is 7.64. The first kappa shape index (κ1) is 23.1. The van der Waals surface area contributed by atoms with Crippen molar-refractivity contribution in [2.45, 2.75) is 32.9 Å². The van der Waals surface area contributed by atoms with E-state index in [2.05, 4.69) is 20.5 Å². The van der Waals surface area contributed by atoms with Crippen molar-refractivity contribution in [1.29, 1.82) is 0 Å². The molecule has 1 saturated heterocycles. The highest BCUT2D eigenvalue weighted by molar-refractivity contribution is 5.97. The van der Waals surface area contributed by atoms with Gasteiger partial charge in [-0.2, -0.15) is 0 Å². The fourth-order valence-corrected chi connectivity index (χ4v) is 3.24. The van der Waals surface area contributed by atoms with Crippen molar-refractivity contribution in [3.8, 4) is 0 Å². The van der Waals surface area contributed by atoms with Gasteiger partial charge in [0.15, 0.2) is 0 Å². The van der Waals surface area contributed by atoms with Crippen LogP contribution in [0.1, 0.15) is 31.1 Å². The molecule has 0 saturated carbocycles. The molecule has 3 amide bonds. The number of nitrogens with zero attached hydrogens (tertiary/aromatic N) is 3. The zero-order valence-corrected chi connectivity index (χ0v) is 18.6. The van der Waals surface area contributed by atoms with Crippen molar-refractivity contribution in [2.75, 3.05) is 36.4 Å². The van der Waals surface area contributed by atoms with Gasteiger partial charge in [0.05, 0.1) is 11.7 Å². The Morgan fingerprint density at radius 2 is 1.66 bits per heavy atom. The third-order valence-corrected chi connectivity index (χ3v) is 5.00. The Morgan fingerprint density at radius 1 is 0.969 bits per heavy atom. The molecule has 2 heterocycles. The average Bonchev–Trinajstić information content (AvgIpc) is 2.79. The molecule has 2 aromatic rings. The van der Waals surface area contributed by atoms with Gasteiger partial charge in [-0.3, -0.25) is 4.79 Å². The molecule has 1 atom stereocenters. The molecule has 9 nitrogen and oxygen atoms in total. The van der Waals surface area contributed by atoms with Crippen molar-refractivity contribution in [2.24, 2.45) is 0 Å². The number of esters is 1. The second kappa shape index (κ2) is 10.6. The third-order valence-electron chi connectivity index (χ3n) is 5.00. The van der Waals surface area contributed by atoms with Gasteiger partial charge < -0.3 is 25.2 Å².